The quantitative estimate of drug-likeness (QED) is 0.846. The largest absolute Gasteiger partial charge is 0.463 e. The average Bonchev–Trinajstić information content (AvgIpc) is 3.06. The van der Waals surface area contributed by atoms with Crippen molar-refractivity contribution in [2.75, 3.05) is 6.61 Å². The summed E-state index contributed by atoms with van der Waals surface area (Å²) in [5.74, 6) is -0.694. The van der Waals surface area contributed by atoms with E-state index in [1.54, 1.807) is 19.1 Å². The molecule has 1 aromatic carbocycles. The molecule has 0 bridgehead atoms. The molecule has 1 fully saturated rings. The van der Waals surface area contributed by atoms with E-state index in [1.165, 1.54) is 16.8 Å². The van der Waals surface area contributed by atoms with E-state index in [2.05, 4.69) is 15.4 Å². The van der Waals surface area contributed by atoms with Crippen molar-refractivity contribution in [2.24, 2.45) is 0 Å². The van der Waals surface area contributed by atoms with Crippen LogP contribution in [0.1, 0.15) is 22.9 Å². The zero-order chi connectivity index (χ0) is 15.7. The molecule has 0 saturated carbocycles. The number of esters is 1. The molecule has 114 valence electrons. The first kappa shape index (κ1) is 14.2. The average molecular weight is 304 g/mol. The van der Waals surface area contributed by atoms with Crippen LogP contribution in [-0.4, -0.2) is 39.3 Å². The summed E-state index contributed by atoms with van der Waals surface area (Å²) in [7, 11) is 0. The summed E-state index contributed by atoms with van der Waals surface area (Å²) in [4.78, 5) is 27.2. The van der Waals surface area contributed by atoms with Crippen LogP contribution in [0.4, 0.5) is 4.39 Å². The number of nitrogens with zero attached hydrogens (tertiary/aromatic N) is 3. The first-order chi connectivity index (χ1) is 10.5. The van der Waals surface area contributed by atoms with Gasteiger partial charge in [0.1, 0.15) is 18.2 Å². The molecule has 0 aliphatic carbocycles. The number of amides is 1. The fourth-order valence-corrected chi connectivity index (χ4v) is 2.17. The highest BCUT2D eigenvalue weighted by Gasteiger charge is 2.27. The Kier molecular flexibility index (Phi) is 3.58. The Morgan fingerprint density at radius 1 is 1.41 bits per heavy atom. The molecule has 1 aliphatic rings. The first-order valence-corrected chi connectivity index (χ1v) is 6.69. The number of halogens is 1. The van der Waals surface area contributed by atoms with Crippen LogP contribution >= 0.6 is 0 Å². The summed E-state index contributed by atoms with van der Waals surface area (Å²) < 4.78 is 19.2. The normalized spacial score (nSPS) is 17.4. The van der Waals surface area contributed by atoms with Crippen LogP contribution in [0, 0.1) is 12.7 Å². The second kappa shape index (κ2) is 5.55. The topological polar surface area (TPSA) is 86.1 Å². The van der Waals surface area contributed by atoms with Crippen molar-refractivity contribution in [2.45, 2.75) is 19.4 Å². The van der Waals surface area contributed by atoms with Crippen LogP contribution in [0.5, 0.6) is 0 Å². The van der Waals surface area contributed by atoms with Gasteiger partial charge in [0.15, 0.2) is 0 Å². The van der Waals surface area contributed by atoms with Gasteiger partial charge in [0.05, 0.1) is 18.2 Å². The Labute approximate surface area is 125 Å². The predicted molar refractivity (Wildman–Crippen MR) is 72.9 cm³/mol. The number of nitrogens with one attached hydrogen (secondary N) is 1. The van der Waals surface area contributed by atoms with Gasteiger partial charge in [0, 0.05) is 0 Å². The number of aromatic nitrogens is 3. The van der Waals surface area contributed by atoms with Gasteiger partial charge in [-0.3, -0.25) is 9.59 Å². The molecule has 0 radical (unpaired) electrons. The summed E-state index contributed by atoms with van der Waals surface area (Å²) in [5, 5.41) is 6.76. The zero-order valence-corrected chi connectivity index (χ0v) is 11.7. The highest BCUT2D eigenvalue weighted by molar-refractivity contribution is 5.91. The first-order valence-electron chi connectivity index (χ1n) is 6.69. The maximum atomic E-state index is 12.9. The monoisotopic (exact) mass is 304 g/mol. The van der Waals surface area contributed by atoms with E-state index >= 15 is 0 Å². The third kappa shape index (κ3) is 2.80. The Morgan fingerprint density at radius 2 is 2.14 bits per heavy atom. The number of aryl methyl sites for hydroxylation is 1. The number of hydrogen-bond donors (Lipinski definition) is 1. The molecule has 1 aromatic heterocycles. The van der Waals surface area contributed by atoms with Crippen molar-refractivity contribution in [3.8, 4) is 5.69 Å². The van der Waals surface area contributed by atoms with Crippen molar-refractivity contribution in [1.82, 2.24) is 20.1 Å². The Hall–Kier alpha value is -2.77. The molecule has 0 spiro atoms. The van der Waals surface area contributed by atoms with E-state index in [4.69, 9.17) is 4.74 Å². The minimum absolute atomic E-state index is 0.0128. The molecule has 2 heterocycles. The Bertz CT molecular complexity index is 726. The highest BCUT2D eigenvalue weighted by atomic mass is 19.1. The zero-order valence-electron chi connectivity index (χ0n) is 11.7. The second-order valence-corrected chi connectivity index (χ2v) is 4.93. The van der Waals surface area contributed by atoms with Gasteiger partial charge in [-0.15, -0.1) is 5.10 Å². The number of carbonyl (C=O) groups excluding carboxylic acids is 2. The van der Waals surface area contributed by atoms with Gasteiger partial charge in [-0.1, -0.05) is 0 Å². The van der Waals surface area contributed by atoms with Gasteiger partial charge in [0.2, 0.25) is 5.82 Å². The van der Waals surface area contributed by atoms with Crippen LogP contribution in [0.25, 0.3) is 5.69 Å². The molecule has 2 aromatic rings. The van der Waals surface area contributed by atoms with Gasteiger partial charge in [-0.25, -0.2) is 14.1 Å². The standard InChI is InChI=1S/C14H13FN4O3/c1-8-16-13(14(21)17-10-6-12(20)22-7-10)18-19(8)11-4-2-9(15)3-5-11/h2-5,10H,6-7H2,1H3,(H,17,21)/t10-/m0/s1. The van der Waals surface area contributed by atoms with E-state index in [-0.39, 0.29) is 36.7 Å². The van der Waals surface area contributed by atoms with Gasteiger partial charge < -0.3 is 10.1 Å². The van der Waals surface area contributed by atoms with E-state index in [9.17, 15) is 14.0 Å². The van der Waals surface area contributed by atoms with Gasteiger partial charge in [-0.2, -0.15) is 0 Å². The van der Waals surface area contributed by atoms with Crippen molar-refractivity contribution in [3.05, 3.63) is 41.7 Å². The van der Waals surface area contributed by atoms with Gasteiger partial charge in [-0.05, 0) is 31.2 Å². The molecule has 7 nitrogen and oxygen atoms in total. The lowest BCUT2D eigenvalue weighted by molar-refractivity contribution is -0.137. The maximum Gasteiger partial charge on any atom is 0.308 e. The predicted octanol–water partition coefficient (Wildman–Crippen LogP) is 0.760. The molecule has 8 heteroatoms. The van der Waals surface area contributed by atoms with Crippen molar-refractivity contribution < 1.29 is 18.7 Å². The number of hydrogen-bond acceptors (Lipinski definition) is 5. The van der Waals surface area contributed by atoms with E-state index < -0.39 is 5.91 Å². The Balaban J connectivity index is 1.78. The molecule has 1 aliphatic heterocycles. The summed E-state index contributed by atoms with van der Waals surface area (Å²) >= 11 is 0. The molecular formula is C14H13FN4O3. The minimum Gasteiger partial charge on any atom is -0.463 e. The molecular weight excluding hydrogens is 291 g/mol. The van der Waals surface area contributed by atoms with Crippen molar-refractivity contribution in [1.29, 1.82) is 0 Å². The lowest BCUT2D eigenvalue weighted by Gasteiger charge is -2.06. The van der Waals surface area contributed by atoms with Gasteiger partial charge in [0.25, 0.3) is 5.91 Å². The van der Waals surface area contributed by atoms with Crippen LogP contribution in [-0.2, 0) is 9.53 Å². The smallest absolute Gasteiger partial charge is 0.308 e. The van der Waals surface area contributed by atoms with Gasteiger partial charge >= 0.3 is 5.97 Å². The van der Waals surface area contributed by atoms with E-state index in [0.717, 1.165) is 0 Å². The van der Waals surface area contributed by atoms with Crippen LogP contribution in [0.2, 0.25) is 0 Å². The fraction of sp³-hybridized carbons (Fsp3) is 0.286. The number of cyclic esters (lactones) is 1. The number of ether oxygens (including phenoxy) is 1. The molecule has 1 atom stereocenters. The third-order valence-corrected chi connectivity index (χ3v) is 3.24. The molecule has 1 amide bonds. The summed E-state index contributed by atoms with van der Waals surface area (Å²) in [6.07, 6.45) is 0.142. The van der Waals surface area contributed by atoms with Crippen molar-refractivity contribution >= 4 is 11.9 Å². The number of rotatable bonds is 3. The highest BCUT2D eigenvalue weighted by Crippen LogP contribution is 2.11. The fourth-order valence-electron chi connectivity index (χ4n) is 2.17. The lowest BCUT2D eigenvalue weighted by atomic mass is 10.2. The Morgan fingerprint density at radius 3 is 2.77 bits per heavy atom. The number of carbonyl (C=O) groups is 2. The molecule has 3 rings (SSSR count). The summed E-state index contributed by atoms with van der Waals surface area (Å²) in [5.41, 5.74) is 0.602. The molecule has 22 heavy (non-hydrogen) atoms. The van der Waals surface area contributed by atoms with Crippen LogP contribution < -0.4 is 5.32 Å². The SMILES string of the molecule is Cc1nc(C(=O)N[C@@H]2COC(=O)C2)nn1-c1ccc(F)cc1. The van der Waals surface area contributed by atoms with Crippen molar-refractivity contribution in [3.63, 3.8) is 0 Å². The summed E-state index contributed by atoms with van der Waals surface area (Å²) in [6.45, 7) is 1.84. The third-order valence-electron chi connectivity index (χ3n) is 3.24. The molecule has 0 unspecified atom stereocenters. The second-order valence-electron chi connectivity index (χ2n) is 4.93. The summed E-state index contributed by atoms with van der Waals surface area (Å²) in [6, 6.07) is 5.33. The minimum atomic E-state index is -0.479. The van der Waals surface area contributed by atoms with E-state index in [0.29, 0.717) is 11.5 Å². The van der Waals surface area contributed by atoms with E-state index in [1.807, 2.05) is 0 Å². The molecule has 1 saturated heterocycles. The number of benzene rings is 1. The van der Waals surface area contributed by atoms with Crippen LogP contribution in [0.3, 0.4) is 0 Å². The van der Waals surface area contributed by atoms with Crippen LogP contribution in [0.15, 0.2) is 24.3 Å². The lowest BCUT2D eigenvalue weighted by Crippen LogP contribution is -2.35. The maximum absolute atomic E-state index is 12.9. The molecule has 1 N–H and O–H groups in total.